The zero-order chi connectivity index (χ0) is 18.4. The normalized spacial score (nSPS) is 14.4. The molecule has 4 aromatic heterocycles. The molecule has 5 heterocycles. The van der Waals surface area contributed by atoms with Gasteiger partial charge >= 0.3 is 0 Å². The van der Waals surface area contributed by atoms with Crippen LogP contribution >= 0.6 is 0 Å². The number of aryl methyl sites for hydroxylation is 3. The molecule has 0 saturated carbocycles. The van der Waals surface area contributed by atoms with E-state index in [9.17, 15) is 0 Å². The Balaban J connectivity index is 1.66. The van der Waals surface area contributed by atoms with Crippen LogP contribution in [0.1, 0.15) is 17.8 Å². The van der Waals surface area contributed by atoms with Gasteiger partial charge in [-0.15, -0.1) is 0 Å². The number of aromatic nitrogens is 7. The smallest absolute Gasteiger partial charge is 0.164 e. The highest BCUT2D eigenvalue weighted by atomic mass is 15.3. The number of hydrogen-bond acceptors (Lipinski definition) is 6. The van der Waals surface area contributed by atoms with Crippen LogP contribution in [-0.2, 0) is 20.1 Å². The van der Waals surface area contributed by atoms with Crippen LogP contribution in [0.3, 0.4) is 0 Å². The molecule has 0 spiro atoms. The minimum Gasteiger partial charge on any atom is -0.350 e. The Morgan fingerprint density at radius 2 is 1.93 bits per heavy atom. The summed E-state index contributed by atoms with van der Waals surface area (Å²) in [4.78, 5) is 16.1. The molecule has 8 heteroatoms. The second kappa shape index (κ2) is 6.15. The SMILES string of the molecule is Cc1cc2n(n1)CCCN(c1nc(-c3ccncc3)nc3c1cnn3C)C2. The first-order valence-electron chi connectivity index (χ1n) is 9.07. The Kier molecular flexibility index (Phi) is 3.63. The molecule has 0 saturated heterocycles. The van der Waals surface area contributed by atoms with Crippen LogP contribution in [0.4, 0.5) is 5.82 Å². The third kappa shape index (κ3) is 2.73. The molecule has 0 aliphatic carbocycles. The van der Waals surface area contributed by atoms with Gasteiger partial charge in [-0.2, -0.15) is 10.2 Å². The summed E-state index contributed by atoms with van der Waals surface area (Å²) in [5.74, 6) is 1.62. The van der Waals surface area contributed by atoms with Crippen molar-refractivity contribution in [3.05, 3.63) is 48.2 Å². The van der Waals surface area contributed by atoms with Crippen molar-refractivity contribution in [2.45, 2.75) is 26.4 Å². The average molecular weight is 360 g/mol. The molecule has 8 nitrogen and oxygen atoms in total. The van der Waals surface area contributed by atoms with Gasteiger partial charge in [0.05, 0.1) is 29.5 Å². The maximum atomic E-state index is 4.93. The molecule has 4 aromatic rings. The lowest BCUT2D eigenvalue weighted by Gasteiger charge is -2.22. The van der Waals surface area contributed by atoms with E-state index in [0.717, 1.165) is 54.2 Å². The number of rotatable bonds is 2. The highest BCUT2D eigenvalue weighted by Crippen LogP contribution is 2.29. The van der Waals surface area contributed by atoms with E-state index in [1.165, 1.54) is 5.69 Å². The van der Waals surface area contributed by atoms with E-state index in [4.69, 9.17) is 9.97 Å². The van der Waals surface area contributed by atoms with Gasteiger partial charge in [0.2, 0.25) is 0 Å². The second-order valence-electron chi connectivity index (χ2n) is 6.89. The topological polar surface area (TPSA) is 77.6 Å². The standard InChI is InChI=1S/C19H20N8/c1-13-10-15-12-26(8-3-9-27(15)24-13)19-16-11-21-25(2)18(16)22-17(23-19)14-4-6-20-7-5-14/h4-7,10-11H,3,8-9,12H2,1-2H3. The van der Waals surface area contributed by atoms with Crippen molar-refractivity contribution in [1.29, 1.82) is 0 Å². The fourth-order valence-corrected chi connectivity index (χ4v) is 3.67. The maximum absolute atomic E-state index is 4.93. The Morgan fingerprint density at radius 1 is 1.07 bits per heavy atom. The largest absolute Gasteiger partial charge is 0.350 e. The minimum atomic E-state index is 0.692. The van der Waals surface area contributed by atoms with Crippen molar-refractivity contribution in [1.82, 2.24) is 34.5 Å². The summed E-state index contributed by atoms with van der Waals surface area (Å²) in [5, 5.41) is 9.99. The van der Waals surface area contributed by atoms with Gasteiger partial charge in [0.1, 0.15) is 5.82 Å². The van der Waals surface area contributed by atoms with E-state index in [1.54, 1.807) is 17.1 Å². The van der Waals surface area contributed by atoms with E-state index in [0.29, 0.717) is 5.82 Å². The molecular formula is C19H20N8. The van der Waals surface area contributed by atoms with Crippen molar-refractivity contribution in [2.75, 3.05) is 11.4 Å². The molecule has 0 fully saturated rings. The monoisotopic (exact) mass is 360 g/mol. The molecule has 0 aromatic carbocycles. The number of hydrogen-bond donors (Lipinski definition) is 0. The number of fused-ring (bicyclic) bond motifs is 2. The molecule has 5 rings (SSSR count). The quantitative estimate of drug-likeness (QED) is 0.546. The van der Waals surface area contributed by atoms with E-state index in [2.05, 4.69) is 30.8 Å². The molecule has 1 aliphatic rings. The Hall–Kier alpha value is -3.29. The van der Waals surface area contributed by atoms with Crippen molar-refractivity contribution >= 4 is 16.9 Å². The van der Waals surface area contributed by atoms with Crippen molar-refractivity contribution in [2.24, 2.45) is 7.05 Å². The number of anilines is 1. The summed E-state index contributed by atoms with van der Waals surface area (Å²) in [6.07, 6.45) is 6.40. The third-order valence-corrected chi connectivity index (χ3v) is 4.95. The fraction of sp³-hybridized carbons (Fsp3) is 0.316. The second-order valence-corrected chi connectivity index (χ2v) is 6.89. The predicted octanol–water partition coefficient (Wildman–Crippen LogP) is 2.34. The first-order chi connectivity index (χ1) is 13.2. The van der Waals surface area contributed by atoms with Crippen molar-refractivity contribution in [3.63, 3.8) is 0 Å². The van der Waals surface area contributed by atoms with Crippen LogP contribution < -0.4 is 4.90 Å². The first kappa shape index (κ1) is 15.9. The lowest BCUT2D eigenvalue weighted by atomic mass is 10.2. The predicted molar refractivity (Wildman–Crippen MR) is 102 cm³/mol. The van der Waals surface area contributed by atoms with E-state index >= 15 is 0 Å². The van der Waals surface area contributed by atoms with Gasteiger partial charge in [-0.1, -0.05) is 0 Å². The van der Waals surface area contributed by atoms with Gasteiger partial charge in [-0.3, -0.25) is 14.3 Å². The van der Waals surface area contributed by atoms with Gasteiger partial charge in [0, 0.05) is 38.1 Å². The van der Waals surface area contributed by atoms with Crippen LogP contribution in [0.25, 0.3) is 22.4 Å². The molecular weight excluding hydrogens is 340 g/mol. The molecule has 0 unspecified atom stereocenters. The maximum Gasteiger partial charge on any atom is 0.164 e. The Morgan fingerprint density at radius 3 is 2.78 bits per heavy atom. The van der Waals surface area contributed by atoms with Gasteiger partial charge in [-0.25, -0.2) is 9.97 Å². The number of pyridine rings is 1. The summed E-state index contributed by atoms with van der Waals surface area (Å²) in [5.41, 5.74) is 4.05. The summed E-state index contributed by atoms with van der Waals surface area (Å²) < 4.78 is 3.91. The zero-order valence-corrected chi connectivity index (χ0v) is 15.4. The molecule has 1 aliphatic heterocycles. The summed E-state index contributed by atoms with van der Waals surface area (Å²) in [7, 11) is 1.91. The van der Waals surface area contributed by atoms with Gasteiger partial charge in [0.15, 0.2) is 11.5 Å². The van der Waals surface area contributed by atoms with Gasteiger partial charge < -0.3 is 4.90 Å². The van der Waals surface area contributed by atoms with Crippen molar-refractivity contribution in [3.8, 4) is 11.4 Å². The first-order valence-corrected chi connectivity index (χ1v) is 9.07. The lowest BCUT2D eigenvalue weighted by Crippen LogP contribution is -2.24. The lowest BCUT2D eigenvalue weighted by molar-refractivity contribution is 0.587. The molecule has 0 bridgehead atoms. The van der Waals surface area contributed by atoms with Crippen LogP contribution in [0, 0.1) is 6.92 Å². The molecule has 136 valence electrons. The number of nitrogens with zero attached hydrogens (tertiary/aromatic N) is 8. The fourth-order valence-electron chi connectivity index (χ4n) is 3.67. The molecule has 0 N–H and O–H groups in total. The summed E-state index contributed by atoms with van der Waals surface area (Å²) in [6.45, 7) is 4.66. The van der Waals surface area contributed by atoms with Crippen LogP contribution in [0.15, 0.2) is 36.8 Å². The minimum absolute atomic E-state index is 0.692. The Bertz CT molecular complexity index is 1110. The van der Waals surface area contributed by atoms with Gasteiger partial charge in [0.25, 0.3) is 0 Å². The average Bonchev–Trinajstić information content (AvgIpc) is 3.17. The summed E-state index contributed by atoms with van der Waals surface area (Å²) in [6, 6.07) is 6.02. The van der Waals surface area contributed by atoms with E-state index < -0.39 is 0 Å². The van der Waals surface area contributed by atoms with Crippen molar-refractivity contribution < 1.29 is 0 Å². The van der Waals surface area contributed by atoms with Gasteiger partial charge in [-0.05, 0) is 31.5 Å². The molecule has 0 radical (unpaired) electrons. The Labute approximate surface area is 156 Å². The van der Waals surface area contributed by atoms with Crippen LogP contribution in [-0.4, -0.2) is 41.1 Å². The van der Waals surface area contributed by atoms with Crippen LogP contribution in [0.5, 0.6) is 0 Å². The molecule has 0 amide bonds. The summed E-state index contributed by atoms with van der Waals surface area (Å²) >= 11 is 0. The highest BCUT2D eigenvalue weighted by Gasteiger charge is 2.22. The van der Waals surface area contributed by atoms with E-state index in [-0.39, 0.29) is 0 Å². The van der Waals surface area contributed by atoms with E-state index in [1.807, 2.05) is 32.3 Å². The third-order valence-electron chi connectivity index (χ3n) is 4.95. The van der Waals surface area contributed by atoms with Crippen LogP contribution in [0.2, 0.25) is 0 Å². The molecule has 27 heavy (non-hydrogen) atoms. The molecule has 0 atom stereocenters. The zero-order valence-electron chi connectivity index (χ0n) is 15.4. The highest BCUT2D eigenvalue weighted by molar-refractivity contribution is 5.88.